The molecule has 3 nitrogen and oxygen atoms in total. The van der Waals surface area contributed by atoms with Gasteiger partial charge in [-0.2, -0.15) is 0 Å². The first-order valence-corrected chi connectivity index (χ1v) is 4.80. The van der Waals surface area contributed by atoms with E-state index in [-0.39, 0.29) is 5.78 Å². The van der Waals surface area contributed by atoms with Crippen LogP contribution in [0.5, 0.6) is 0 Å². The molecule has 2 rings (SSSR count). The van der Waals surface area contributed by atoms with E-state index in [1.807, 2.05) is 0 Å². The van der Waals surface area contributed by atoms with Gasteiger partial charge in [0.05, 0.1) is 12.5 Å². The fraction of sp³-hybridized carbons (Fsp3) is 0.0769. The summed E-state index contributed by atoms with van der Waals surface area (Å²) in [5.74, 6) is 2.46. The number of benzene rings is 1. The molecule has 1 heterocycles. The molecule has 0 N–H and O–H groups in total. The molecule has 0 fully saturated rings. The van der Waals surface area contributed by atoms with Crippen LogP contribution in [0.3, 0.4) is 0 Å². The summed E-state index contributed by atoms with van der Waals surface area (Å²) in [5.41, 5.74) is 1.94. The van der Waals surface area contributed by atoms with Gasteiger partial charge in [0.15, 0.2) is 0 Å². The first-order valence-electron chi connectivity index (χ1n) is 4.80. The third kappa shape index (κ3) is 1.73. The largest absolute Gasteiger partial charge is 0.331 e. The van der Waals surface area contributed by atoms with Gasteiger partial charge in [-0.15, -0.1) is 6.42 Å². The molecule has 16 heavy (non-hydrogen) atoms. The van der Waals surface area contributed by atoms with Crippen LogP contribution in [-0.2, 0) is 7.05 Å². The lowest BCUT2D eigenvalue weighted by atomic mass is 10.1. The summed E-state index contributed by atoms with van der Waals surface area (Å²) in [5, 5.41) is 0. The van der Waals surface area contributed by atoms with E-state index in [1.54, 1.807) is 48.4 Å². The van der Waals surface area contributed by atoms with Gasteiger partial charge in [-0.1, -0.05) is 5.92 Å². The van der Waals surface area contributed by atoms with Gasteiger partial charge in [0.1, 0.15) is 5.69 Å². The molecule has 0 amide bonds. The van der Waals surface area contributed by atoms with E-state index in [4.69, 9.17) is 6.42 Å². The average Bonchev–Trinajstić information content (AvgIpc) is 2.75. The maximum absolute atomic E-state index is 12.0. The zero-order valence-corrected chi connectivity index (χ0v) is 8.84. The molecule has 78 valence electrons. The molecule has 0 radical (unpaired) electrons. The Morgan fingerprint density at radius 3 is 2.56 bits per heavy atom. The van der Waals surface area contributed by atoms with Crippen LogP contribution < -0.4 is 0 Å². The molecule has 0 aliphatic carbocycles. The number of carbonyl (C=O) groups is 1. The highest BCUT2D eigenvalue weighted by molar-refractivity contribution is 6.07. The number of aryl methyl sites for hydroxylation is 1. The molecule has 0 aliphatic rings. The molecule has 0 bridgehead atoms. The van der Waals surface area contributed by atoms with Crippen LogP contribution in [0.4, 0.5) is 0 Å². The van der Waals surface area contributed by atoms with Gasteiger partial charge < -0.3 is 4.57 Å². The molecule has 0 saturated carbocycles. The molecule has 1 aromatic carbocycles. The summed E-state index contributed by atoms with van der Waals surface area (Å²) in [7, 11) is 1.79. The number of imidazole rings is 1. The topological polar surface area (TPSA) is 34.9 Å². The van der Waals surface area contributed by atoms with E-state index in [0.29, 0.717) is 11.3 Å². The third-order valence-corrected chi connectivity index (χ3v) is 2.36. The molecule has 2 aromatic rings. The maximum Gasteiger partial charge on any atom is 0.210 e. The van der Waals surface area contributed by atoms with Gasteiger partial charge in [-0.05, 0) is 24.3 Å². The summed E-state index contributed by atoms with van der Waals surface area (Å²) < 4.78 is 1.69. The summed E-state index contributed by atoms with van der Waals surface area (Å²) >= 11 is 0. The summed E-state index contributed by atoms with van der Waals surface area (Å²) in [6.07, 6.45) is 8.40. The zero-order valence-electron chi connectivity index (χ0n) is 8.84. The van der Waals surface area contributed by atoms with Crippen molar-refractivity contribution in [1.82, 2.24) is 9.55 Å². The number of hydrogen-bond acceptors (Lipinski definition) is 2. The minimum absolute atomic E-state index is 0.0522. The third-order valence-electron chi connectivity index (χ3n) is 2.36. The van der Waals surface area contributed by atoms with Crippen LogP contribution in [0.1, 0.15) is 21.6 Å². The second kappa shape index (κ2) is 4.03. The number of rotatable bonds is 2. The van der Waals surface area contributed by atoms with Gasteiger partial charge in [0.2, 0.25) is 5.78 Å². The first-order chi connectivity index (χ1) is 7.72. The van der Waals surface area contributed by atoms with Gasteiger partial charge in [-0.25, -0.2) is 4.98 Å². The molecule has 0 atom stereocenters. The molecule has 0 saturated heterocycles. The lowest BCUT2D eigenvalue weighted by molar-refractivity contribution is 0.103. The van der Waals surface area contributed by atoms with Crippen molar-refractivity contribution < 1.29 is 4.79 Å². The number of nitrogens with zero attached hydrogens (tertiary/aromatic N) is 2. The second-order valence-electron chi connectivity index (χ2n) is 3.44. The predicted molar refractivity (Wildman–Crippen MR) is 61.0 cm³/mol. The fourth-order valence-corrected chi connectivity index (χ4v) is 1.44. The van der Waals surface area contributed by atoms with Crippen molar-refractivity contribution in [3.05, 3.63) is 53.6 Å². The average molecular weight is 210 g/mol. The van der Waals surface area contributed by atoms with Gasteiger partial charge in [0.25, 0.3) is 0 Å². The lowest BCUT2D eigenvalue weighted by Gasteiger charge is -2.01. The first kappa shape index (κ1) is 10.2. The van der Waals surface area contributed by atoms with Crippen molar-refractivity contribution in [3.8, 4) is 12.3 Å². The Morgan fingerprint density at radius 2 is 2.06 bits per heavy atom. The Balaban J connectivity index is 2.35. The Morgan fingerprint density at radius 1 is 1.38 bits per heavy atom. The van der Waals surface area contributed by atoms with Crippen LogP contribution in [-0.4, -0.2) is 15.3 Å². The number of hydrogen-bond donors (Lipinski definition) is 0. The van der Waals surface area contributed by atoms with Gasteiger partial charge in [0, 0.05) is 18.2 Å². The van der Waals surface area contributed by atoms with Crippen LogP contribution in [0.2, 0.25) is 0 Å². The minimum Gasteiger partial charge on any atom is -0.331 e. The van der Waals surface area contributed by atoms with Crippen molar-refractivity contribution in [2.24, 2.45) is 7.05 Å². The predicted octanol–water partition coefficient (Wildman–Crippen LogP) is 1.63. The Kier molecular flexibility index (Phi) is 2.57. The second-order valence-corrected chi connectivity index (χ2v) is 3.44. The molecule has 0 spiro atoms. The number of carbonyl (C=O) groups excluding carboxylic acids is 1. The van der Waals surface area contributed by atoms with Crippen LogP contribution in [0, 0.1) is 12.3 Å². The van der Waals surface area contributed by atoms with E-state index in [9.17, 15) is 4.79 Å². The standard InChI is InChI=1S/C13H10N2O/c1-3-10-4-6-11(7-5-10)13(16)12-8-14-9-15(12)2/h1,4-9H,2H3. The fourth-order valence-electron chi connectivity index (χ4n) is 1.44. The van der Waals surface area contributed by atoms with Gasteiger partial charge in [-0.3, -0.25) is 4.79 Å². The lowest BCUT2D eigenvalue weighted by Crippen LogP contribution is -2.06. The monoisotopic (exact) mass is 210 g/mol. The number of terminal acetylenes is 1. The Hall–Kier alpha value is -2.34. The van der Waals surface area contributed by atoms with Crippen LogP contribution >= 0.6 is 0 Å². The summed E-state index contributed by atoms with van der Waals surface area (Å²) in [6.45, 7) is 0. The SMILES string of the molecule is C#Cc1ccc(C(=O)c2cncn2C)cc1. The molecule has 0 unspecified atom stereocenters. The van der Waals surface area contributed by atoms with Crippen LogP contribution in [0.25, 0.3) is 0 Å². The molecular formula is C13H10N2O. The molecular weight excluding hydrogens is 200 g/mol. The van der Waals surface area contributed by atoms with Gasteiger partial charge >= 0.3 is 0 Å². The maximum atomic E-state index is 12.0. The smallest absolute Gasteiger partial charge is 0.210 e. The number of aromatic nitrogens is 2. The van der Waals surface area contributed by atoms with E-state index in [1.165, 1.54) is 0 Å². The van der Waals surface area contributed by atoms with E-state index in [2.05, 4.69) is 10.9 Å². The van der Waals surface area contributed by atoms with E-state index >= 15 is 0 Å². The minimum atomic E-state index is -0.0522. The molecule has 1 aromatic heterocycles. The Bertz CT molecular complexity index is 558. The van der Waals surface area contributed by atoms with Crippen molar-refractivity contribution in [1.29, 1.82) is 0 Å². The Labute approximate surface area is 93.7 Å². The van der Waals surface area contributed by atoms with Crippen molar-refractivity contribution in [3.63, 3.8) is 0 Å². The normalized spacial score (nSPS) is 9.75. The molecule has 3 heteroatoms. The van der Waals surface area contributed by atoms with E-state index < -0.39 is 0 Å². The van der Waals surface area contributed by atoms with Crippen LogP contribution in [0.15, 0.2) is 36.8 Å². The highest BCUT2D eigenvalue weighted by Crippen LogP contribution is 2.09. The highest BCUT2D eigenvalue weighted by Gasteiger charge is 2.11. The van der Waals surface area contributed by atoms with Crippen molar-refractivity contribution in [2.75, 3.05) is 0 Å². The summed E-state index contributed by atoms with van der Waals surface area (Å²) in [4.78, 5) is 15.9. The van der Waals surface area contributed by atoms with Crippen molar-refractivity contribution >= 4 is 5.78 Å². The van der Waals surface area contributed by atoms with E-state index in [0.717, 1.165) is 5.56 Å². The summed E-state index contributed by atoms with van der Waals surface area (Å²) in [6, 6.07) is 6.96. The molecule has 0 aliphatic heterocycles. The zero-order chi connectivity index (χ0) is 11.5. The number of ketones is 1. The quantitative estimate of drug-likeness (QED) is 0.558. The highest BCUT2D eigenvalue weighted by atomic mass is 16.1. The van der Waals surface area contributed by atoms with Crippen molar-refractivity contribution in [2.45, 2.75) is 0 Å².